The van der Waals surface area contributed by atoms with Gasteiger partial charge in [-0.15, -0.1) is 0 Å². The van der Waals surface area contributed by atoms with Crippen molar-refractivity contribution in [1.29, 1.82) is 0 Å². The molecule has 0 bridgehead atoms. The number of ether oxygens (including phenoxy) is 10. The molecule has 144 heavy (non-hydrogen) atoms. The highest BCUT2D eigenvalue weighted by Crippen LogP contribution is 2.50. The van der Waals surface area contributed by atoms with Gasteiger partial charge in [0.2, 0.25) is 40.5 Å². The first-order valence-electron chi connectivity index (χ1n) is 53.4. The summed E-state index contributed by atoms with van der Waals surface area (Å²) in [5.74, 6) is 9.22. The van der Waals surface area contributed by atoms with E-state index >= 15 is 0 Å². The SMILES string of the molecule is CC(=O)NC1[C@H](OCCCCOP(S)OCCCOCC(COCCCOP(S)OCCCCO[C@@H]2OC(CO)[C@H](O)[C@H](O)C2NC(C)=O)(COCCCOP(S)OCCCCO[C@@H]2OC(CO)[C@H](O)[C@H](O)C2NC(C)=O)OCCCCCCCCOP(O)(=S)OC[C@@H](C)[C@@H](C)[C@@H](C)[C@@H](C)[C@@H](C)[C@@H](C)[C@@H](C)[C@@H](C)[C@@H](C)[C@@H](C)[C@@H](C)[C@@H](C)[C@@H](C)[C@@H](C)[C@@H](C)[C@@H](C)[C@@H](C)[C@@H](C)[C@@H](C)[C@@H](C)[C@@H](C)CO)OC(CO)[C@H](O)[C@@H]1O. The summed E-state index contributed by atoms with van der Waals surface area (Å²) in [6.07, 6.45) is -5.81. The Labute approximate surface area is 889 Å². The molecule has 0 aromatic heterocycles. The zero-order valence-electron chi connectivity index (χ0n) is 91.5. The second-order valence-corrected chi connectivity index (χ2v) is 50.9. The minimum Gasteiger partial charge on any atom is -0.396 e. The van der Waals surface area contributed by atoms with Crippen LogP contribution in [-0.4, -0.2) is 317 Å². The van der Waals surface area contributed by atoms with Gasteiger partial charge in [-0.1, -0.05) is 208 Å². The summed E-state index contributed by atoms with van der Waals surface area (Å²) in [7, 11) is -4.74. The molecule has 3 saturated heterocycles. The van der Waals surface area contributed by atoms with Crippen LogP contribution in [0.1, 0.15) is 262 Å². The van der Waals surface area contributed by atoms with Crippen LogP contribution in [0.5, 0.6) is 0 Å². The molecule has 854 valence electrons. The van der Waals surface area contributed by atoms with Crippen molar-refractivity contribution in [2.45, 2.75) is 360 Å². The van der Waals surface area contributed by atoms with Crippen molar-refractivity contribution in [1.82, 2.24) is 16.0 Å². The summed E-state index contributed by atoms with van der Waals surface area (Å²) in [6, 6.07) is -3.17. The average Bonchev–Trinajstić information content (AvgIpc) is 0.798. The molecule has 3 fully saturated rings. The summed E-state index contributed by atoms with van der Waals surface area (Å²) in [5, 5.41) is 110. The number of hydrogen-bond donors (Lipinski definition) is 17. The number of aliphatic hydroxyl groups excluding tert-OH is 10. The third kappa shape index (κ3) is 50.0. The zero-order valence-corrected chi connectivity index (χ0v) is 98.6. The summed E-state index contributed by atoms with van der Waals surface area (Å²) in [4.78, 5) is 47.1. The van der Waals surface area contributed by atoms with Gasteiger partial charge < -0.3 is 155 Å². The molecule has 0 aromatic carbocycles. The second kappa shape index (κ2) is 75.3. The van der Waals surface area contributed by atoms with Gasteiger partial charge in [0, 0.05) is 73.6 Å². The lowest BCUT2D eigenvalue weighted by molar-refractivity contribution is -0.270. The van der Waals surface area contributed by atoms with Gasteiger partial charge >= 0.3 is 6.72 Å². The van der Waals surface area contributed by atoms with Crippen molar-refractivity contribution in [3.63, 3.8) is 0 Å². The maximum atomic E-state index is 11.9. The highest BCUT2D eigenvalue weighted by atomic mass is 32.7. The third-order valence-electron chi connectivity index (χ3n) is 32.5. The number of nitrogens with one attached hydrogen (secondary N) is 3. The first-order valence-corrected chi connectivity index (χ1v) is 63.0. The topological polar surface area (TPSA) is 476 Å². The predicted molar refractivity (Wildman–Crippen MR) is 576 cm³/mol. The van der Waals surface area contributed by atoms with E-state index in [0.717, 1.165) is 25.7 Å². The van der Waals surface area contributed by atoms with Gasteiger partial charge in [-0.25, -0.2) is 0 Å². The standard InChI is InChI=1S/C101H199N3O32P4S4/c1-62(54-105)64(3)66(5)68(7)70(9)72(11)74(13)76(15)78(17)80(19)82(21)81(20)79(18)77(16)75(14)73(12)71(10)69(8)67(6)65(4)63(2)58-133-140(118,144)132-53-30-28-26-25-27-29-46-125-101(59-119-40-37-50-129-137(141)126-47-34-31-43-122-98-89(102-83(22)109)95(115)92(112)86(55-106)134-98,60-120-41-38-51-130-138(142)127-48-35-32-44-123-99-90(103-84(23)110)96(116)93(113)87(56-107)135-99)61-121-42-39-52-131-139(143)128-49-36-33-45-124-100-91(104-85(24)111)97(117)94(114)88(57-108)136-100/h62-82,86-100,105-108,112-117,141-143H,25-61H2,1-24H3,(H,102,109)(H,103,110)(H,104,111)(H,118,144)/t62-,63+,64-,65+,66-,67+,68-,69+,70-,71+,72-,73+,74-,75+,76-,77+,78-,79+,80-,81+,82-,86?,87?,88?,89?,90?,91?,92-,93-,94-,95+,96+,97+,98+,99+,100+,101?,137?,138?,139?,140?/m0/s1. The maximum absolute atomic E-state index is 11.9. The van der Waals surface area contributed by atoms with Crippen LogP contribution in [-0.2, 0) is 110 Å². The van der Waals surface area contributed by atoms with E-state index in [1.807, 2.05) is 0 Å². The number of aliphatic hydroxyl groups is 10. The fraction of sp³-hybridized carbons (Fsp3) is 0.970. The fourth-order valence-electron chi connectivity index (χ4n) is 19.6. The number of thiol groups is 3. The van der Waals surface area contributed by atoms with Gasteiger partial charge in [0.25, 0.3) is 0 Å². The van der Waals surface area contributed by atoms with Crippen molar-refractivity contribution in [3.8, 4) is 0 Å². The number of unbranched alkanes of at least 4 members (excludes halogenated alkanes) is 8. The smallest absolute Gasteiger partial charge is 0.324 e. The second-order valence-electron chi connectivity index (χ2n) is 42.2. The van der Waals surface area contributed by atoms with Crippen LogP contribution in [0.25, 0.3) is 0 Å². The average molecular weight is 2220 g/mol. The largest absolute Gasteiger partial charge is 0.396 e. The van der Waals surface area contributed by atoms with Crippen molar-refractivity contribution in [2.75, 3.05) is 145 Å². The highest BCUT2D eigenvalue weighted by Gasteiger charge is 2.50. The predicted octanol–water partition coefficient (Wildman–Crippen LogP) is 14.7. The number of carbonyl (C=O) groups is 3. The van der Waals surface area contributed by atoms with Crippen LogP contribution in [0.2, 0.25) is 0 Å². The van der Waals surface area contributed by atoms with Crippen LogP contribution in [0.3, 0.4) is 0 Å². The van der Waals surface area contributed by atoms with Crippen molar-refractivity contribution < 1.29 is 154 Å². The molecule has 3 heterocycles. The molecular weight excluding hydrogens is 2020 g/mol. The van der Waals surface area contributed by atoms with Crippen molar-refractivity contribution in [3.05, 3.63) is 0 Å². The Morgan fingerprint density at radius 3 is 0.806 bits per heavy atom. The van der Waals surface area contributed by atoms with E-state index in [1.54, 1.807) is 0 Å². The molecule has 35 nitrogen and oxygen atoms in total. The van der Waals surface area contributed by atoms with Gasteiger partial charge in [0.15, 0.2) is 18.9 Å². The lowest BCUT2D eigenvalue weighted by atomic mass is 9.61. The van der Waals surface area contributed by atoms with Crippen LogP contribution in [0.15, 0.2) is 0 Å². The Hall–Kier alpha value is 0.240. The molecule has 0 radical (unpaired) electrons. The molecule has 14 N–H and O–H groups in total. The normalized spacial score (nSPS) is 27.8. The Kier molecular flexibility index (Phi) is 72.3. The monoisotopic (exact) mass is 2220 g/mol. The summed E-state index contributed by atoms with van der Waals surface area (Å²) in [6.45, 7) is 54.0. The quantitative estimate of drug-likeness (QED) is 0.0153. The summed E-state index contributed by atoms with van der Waals surface area (Å²) >= 11 is 19.3. The van der Waals surface area contributed by atoms with Crippen LogP contribution in [0.4, 0.5) is 0 Å². The number of rotatable bonds is 83. The van der Waals surface area contributed by atoms with E-state index in [-0.39, 0.29) is 118 Å². The highest BCUT2D eigenvalue weighted by molar-refractivity contribution is 8.42. The lowest BCUT2D eigenvalue weighted by Gasteiger charge is -2.44. The van der Waals surface area contributed by atoms with E-state index in [2.05, 4.69) is 198 Å². The van der Waals surface area contributed by atoms with Gasteiger partial charge in [-0.2, -0.15) is 0 Å². The van der Waals surface area contributed by atoms with Crippen molar-refractivity contribution >= 4 is 95.7 Å². The third-order valence-corrected chi connectivity index (χ3v) is 38.6. The maximum Gasteiger partial charge on any atom is 0.324 e. The Morgan fingerprint density at radius 2 is 0.549 bits per heavy atom. The molecule has 0 aliphatic carbocycles. The fourth-order valence-corrected chi connectivity index (χ4v) is 24.3. The van der Waals surface area contributed by atoms with Crippen LogP contribution in [0, 0.1) is 124 Å². The van der Waals surface area contributed by atoms with Gasteiger partial charge in [-0.05, 0) is 207 Å². The molecule has 0 aromatic rings. The molecule has 43 heteroatoms. The van der Waals surface area contributed by atoms with Gasteiger partial charge in [-0.3, -0.25) is 14.4 Å². The molecule has 0 saturated carbocycles. The van der Waals surface area contributed by atoms with Crippen LogP contribution < -0.4 is 16.0 Å². The van der Waals surface area contributed by atoms with E-state index in [4.69, 9.17) is 95.4 Å². The summed E-state index contributed by atoms with van der Waals surface area (Å²) in [5.41, 5.74) is -1.10. The van der Waals surface area contributed by atoms with E-state index < -0.39 is 165 Å². The number of carbonyl (C=O) groups excluding carboxylic acids is 3. The Bertz CT molecular complexity index is 3190. The van der Waals surface area contributed by atoms with E-state index in [0.29, 0.717) is 202 Å². The molecule has 10 unspecified atom stereocenters. The minimum absolute atomic E-state index is 0.0741. The van der Waals surface area contributed by atoms with Gasteiger partial charge in [0.1, 0.15) is 78.7 Å². The molecule has 3 aliphatic heterocycles. The van der Waals surface area contributed by atoms with Gasteiger partial charge in [0.05, 0.1) is 92.5 Å². The molecule has 3 amide bonds. The molecule has 3 aliphatic rings. The molecule has 0 spiro atoms. The number of amides is 3. The Balaban J connectivity index is 1.64. The Morgan fingerprint density at radius 1 is 0.319 bits per heavy atom. The molecule has 40 atom stereocenters. The molecule has 3 rings (SSSR count). The van der Waals surface area contributed by atoms with Crippen molar-refractivity contribution in [2.24, 2.45) is 124 Å². The number of hydrogen-bond acceptors (Lipinski definition) is 35. The summed E-state index contributed by atoms with van der Waals surface area (Å²) < 4.78 is 108. The first-order chi connectivity index (χ1) is 68.0. The van der Waals surface area contributed by atoms with Crippen LogP contribution >= 0.6 is 66.2 Å². The lowest BCUT2D eigenvalue weighted by Crippen LogP contribution is -2.64. The minimum atomic E-state index is -3.51. The zero-order chi connectivity index (χ0) is 108. The molecular formula is C101H199N3O32P4S4. The van der Waals surface area contributed by atoms with E-state index in [1.165, 1.54) is 20.8 Å². The van der Waals surface area contributed by atoms with E-state index in [9.17, 15) is 70.3 Å². The first kappa shape index (κ1) is 138.